The number of methoxy groups -OCH3 is 1. The molecule has 0 aliphatic carbocycles. The lowest BCUT2D eigenvalue weighted by Gasteiger charge is -2.25. The third-order valence-corrected chi connectivity index (χ3v) is 3.05. The van der Waals surface area contributed by atoms with E-state index >= 15 is 0 Å². The Balaban J connectivity index is 3.61. The molecule has 0 aliphatic heterocycles. The summed E-state index contributed by atoms with van der Waals surface area (Å²) in [6, 6.07) is 0. The molecule has 0 aromatic heterocycles. The summed E-state index contributed by atoms with van der Waals surface area (Å²) in [5.74, 6) is 0.752. The van der Waals surface area contributed by atoms with Gasteiger partial charge in [-0.15, -0.1) is 0 Å². The van der Waals surface area contributed by atoms with Gasteiger partial charge in [-0.05, 0) is 45.9 Å². The molecule has 116 valence electrons. The van der Waals surface area contributed by atoms with Crippen LogP contribution in [-0.2, 0) is 4.74 Å². The van der Waals surface area contributed by atoms with Crippen LogP contribution in [0.2, 0.25) is 0 Å². The molecule has 0 bridgehead atoms. The van der Waals surface area contributed by atoms with Gasteiger partial charge in [0.25, 0.3) is 0 Å². The van der Waals surface area contributed by atoms with Crippen LogP contribution >= 0.6 is 0 Å². The van der Waals surface area contributed by atoms with Crippen molar-refractivity contribution in [2.24, 2.45) is 5.92 Å². The molecule has 0 rings (SSSR count). The first-order valence-corrected chi connectivity index (χ1v) is 7.63. The standard InChI is InChI=1S/C15H35N3O/c1-15(2)14-18(12-11-17(3)4)10-7-6-8-16-9-13-19-5/h15-16H,6-14H2,1-5H3. The highest BCUT2D eigenvalue weighted by Gasteiger charge is 2.07. The van der Waals surface area contributed by atoms with Crippen molar-refractivity contribution in [2.75, 3.05) is 67.1 Å². The second kappa shape index (κ2) is 12.9. The van der Waals surface area contributed by atoms with Crippen molar-refractivity contribution in [2.45, 2.75) is 26.7 Å². The summed E-state index contributed by atoms with van der Waals surface area (Å²) < 4.78 is 5.01. The van der Waals surface area contributed by atoms with Gasteiger partial charge in [0.15, 0.2) is 0 Å². The van der Waals surface area contributed by atoms with E-state index in [0.29, 0.717) is 0 Å². The number of hydrogen-bond acceptors (Lipinski definition) is 4. The van der Waals surface area contributed by atoms with E-state index in [9.17, 15) is 0 Å². The van der Waals surface area contributed by atoms with Gasteiger partial charge in [0, 0.05) is 33.3 Å². The molecular weight excluding hydrogens is 238 g/mol. The predicted octanol–water partition coefficient (Wildman–Crippen LogP) is 1.52. The molecule has 19 heavy (non-hydrogen) atoms. The highest BCUT2D eigenvalue weighted by molar-refractivity contribution is 4.62. The first-order valence-electron chi connectivity index (χ1n) is 7.63. The van der Waals surface area contributed by atoms with Gasteiger partial charge in [-0.25, -0.2) is 0 Å². The van der Waals surface area contributed by atoms with Gasteiger partial charge in [0.1, 0.15) is 0 Å². The van der Waals surface area contributed by atoms with Crippen LogP contribution in [0.5, 0.6) is 0 Å². The lowest BCUT2D eigenvalue weighted by atomic mass is 10.2. The van der Waals surface area contributed by atoms with Crippen molar-refractivity contribution in [3.05, 3.63) is 0 Å². The third kappa shape index (κ3) is 14.1. The summed E-state index contributed by atoms with van der Waals surface area (Å²) in [5.41, 5.74) is 0. The maximum atomic E-state index is 5.01. The molecule has 0 heterocycles. The number of unbranched alkanes of at least 4 members (excludes halogenated alkanes) is 1. The Hall–Kier alpha value is -0.160. The molecule has 0 unspecified atom stereocenters. The molecular formula is C15H35N3O. The van der Waals surface area contributed by atoms with E-state index in [1.807, 2.05) is 0 Å². The first kappa shape index (κ1) is 18.8. The minimum atomic E-state index is 0.752. The highest BCUT2D eigenvalue weighted by atomic mass is 16.5. The summed E-state index contributed by atoms with van der Waals surface area (Å²) in [5, 5.41) is 3.40. The highest BCUT2D eigenvalue weighted by Crippen LogP contribution is 2.01. The Morgan fingerprint density at radius 1 is 1.00 bits per heavy atom. The smallest absolute Gasteiger partial charge is 0.0587 e. The van der Waals surface area contributed by atoms with Gasteiger partial charge in [-0.1, -0.05) is 13.8 Å². The molecule has 1 N–H and O–H groups in total. The molecule has 4 nitrogen and oxygen atoms in total. The molecule has 0 spiro atoms. The van der Waals surface area contributed by atoms with Crippen molar-refractivity contribution >= 4 is 0 Å². The van der Waals surface area contributed by atoms with E-state index in [0.717, 1.165) is 32.2 Å². The Labute approximate surface area is 120 Å². The van der Waals surface area contributed by atoms with Gasteiger partial charge in [0.05, 0.1) is 6.61 Å². The van der Waals surface area contributed by atoms with Crippen LogP contribution in [0.15, 0.2) is 0 Å². The molecule has 4 heteroatoms. The monoisotopic (exact) mass is 273 g/mol. The Morgan fingerprint density at radius 3 is 2.32 bits per heavy atom. The van der Waals surface area contributed by atoms with Gasteiger partial charge in [-0.3, -0.25) is 0 Å². The fraction of sp³-hybridized carbons (Fsp3) is 1.00. The van der Waals surface area contributed by atoms with E-state index in [-0.39, 0.29) is 0 Å². The molecule has 0 saturated heterocycles. The number of hydrogen-bond donors (Lipinski definition) is 1. The van der Waals surface area contributed by atoms with Gasteiger partial charge >= 0.3 is 0 Å². The Kier molecular flexibility index (Phi) is 12.7. The van der Waals surface area contributed by atoms with Crippen molar-refractivity contribution in [3.8, 4) is 0 Å². The topological polar surface area (TPSA) is 27.7 Å². The van der Waals surface area contributed by atoms with Crippen LogP contribution in [-0.4, -0.2) is 76.9 Å². The fourth-order valence-corrected chi connectivity index (χ4v) is 2.04. The summed E-state index contributed by atoms with van der Waals surface area (Å²) in [7, 11) is 6.04. The lowest BCUT2D eigenvalue weighted by Crippen LogP contribution is -2.35. The van der Waals surface area contributed by atoms with Crippen LogP contribution in [0.1, 0.15) is 26.7 Å². The Bertz CT molecular complexity index is 186. The maximum absolute atomic E-state index is 5.01. The number of likely N-dealkylation sites (N-methyl/N-ethyl adjacent to an activating group) is 1. The van der Waals surface area contributed by atoms with Crippen LogP contribution in [0.4, 0.5) is 0 Å². The molecule has 0 aromatic rings. The largest absolute Gasteiger partial charge is 0.383 e. The molecule has 0 aliphatic rings. The summed E-state index contributed by atoms with van der Waals surface area (Å²) in [6.07, 6.45) is 2.53. The van der Waals surface area contributed by atoms with E-state index < -0.39 is 0 Å². The Morgan fingerprint density at radius 2 is 1.74 bits per heavy atom. The summed E-state index contributed by atoms with van der Waals surface area (Å²) in [6.45, 7) is 12.2. The SMILES string of the molecule is COCCNCCCCN(CCN(C)C)CC(C)C. The zero-order valence-electron chi connectivity index (χ0n) is 13.7. The van der Waals surface area contributed by atoms with Crippen LogP contribution in [0.25, 0.3) is 0 Å². The number of rotatable bonds is 13. The maximum Gasteiger partial charge on any atom is 0.0587 e. The first-order chi connectivity index (χ1) is 9.06. The average Bonchev–Trinajstić information content (AvgIpc) is 2.33. The van der Waals surface area contributed by atoms with Gasteiger partial charge < -0.3 is 19.9 Å². The second-order valence-corrected chi connectivity index (χ2v) is 5.95. The van der Waals surface area contributed by atoms with Crippen LogP contribution in [0.3, 0.4) is 0 Å². The number of nitrogens with zero attached hydrogens (tertiary/aromatic N) is 2. The molecule has 0 amide bonds. The van der Waals surface area contributed by atoms with E-state index in [4.69, 9.17) is 4.74 Å². The van der Waals surface area contributed by atoms with Crippen molar-refractivity contribution in [1.29, 1.82) is 0 Å². The normalized spacial score (nSPS) is 12.0. The molecule has 0 atom stereocenters. The van der Waals surface area contributed by atoms with Crippen LogP contribution in [0, 0.1) is 5.92 Å². The lowest BCUT2D eigenvalue weighted by molar-refractivity contribution is 0.198. The second-order valence-electron chi connectivity index (χ2n) is 5.95. The van der Waals surface area contributed by atoms with Crippen LogP contribution < -0.4 is 5.32 Å². The summed E-state index contributed by atoms with van der Waals surface area (Å²) in [4.78, 5) is 4.86. The number of ether oxygens (including phenoxy) is 1. The fourth-order valence-electron chi connectivity index (χ4n) is 2.04. The zero-order valence-corrected chi connectivity index (χ0v) is 13.7. The summed E-state index contributed by atoms with van der Waals surface area (Å²) >= 11 is 0. The average molecular weight is 273 g/mol. The van der Waals surface area contributed by atoms with E-state index in [2.05, 4.69) is 43.1 Å². The molecule has 0 fully saturated rings. The number of nitrogens with one attached hydrogen (secondary N) is 1. The van der Waals surface area contributed by atoms with E-state index in [1.165, 1.54) is 32.5 Å². The van der Waals surface area contributed by atoms with Gasteiger partial charge in [0.2, 0.25) is 0 Å². The van der Waals surface area contributed by atoms with Crippen molar-refractivity contribution in [3.63, 3.8) is 0 Å². The van der Waals surface area contributed by atoms with Gasteiger partial charge in [-0.2, -0.15) is 0 Å². The quantitative estimate of drug-likeness (QED) is 0.515. The van der Waals surface area contributed by atoms with Crippen molar-refractivity contribution in [1.82, 2.24) is 15.1 Å². The molecule has 0 radical (unpaired) electrons. The zero-order chi connectivity index (χ0) is 14.5. The predicted molar refractivity (Wildman–Crippen MR) is 83.8 cm³/mol. The molecule has 0 saturated carbocycles. The van der Waals surface area contributed by atoms with Crippen molar-refractivity contribution < 1.29 is 4.74 Å². The third-order valence-electron chi connectivity index (χ3n) is 3.05. The minimum absolute atomic E-state index is 0.752. The minimum Gasteiger partial charge on any atom is -0.383 e. The molecule has 0 aromatic carbocycles. The van der Waals surface area contributed by atoms with E-state index in [1.54, 1.807) is 7.11 Å².